The van der Waals surface area contributed by atoms with Crippen LogP contribution >= 0.6 is 11.3 Å². The zero-order valence-corrected chi connectivity index (χ0v) is 15.0. The molecule has 3 aromatic rings. The van der Waals surface area contributed by atoms with E-state index in [0.717, 1.165) is 22.7 Å². The number of aliphatic carboxylic acids is 1. The van der Waals surface area contributed by atoms with E-state index >= 15 is 0 Å². The molecule has 1 aromatic carbocycles. The first kappa shape index (κ1) is 17.3. The highest BCUT2D eigenvalue weighted by atomic mass is 32.1. The van der Waals surface area contributed by atoms with Crippen molar-refractivity contribution in [1.29, 1.82) is 0 Å². The fraction of sp³-hybridized carbons (Fsp3) is 0.250. The Hall–Kier alpha value is -2.53. The maximum Gasteiger partial charge on any atom is 0.303 e. The number of carbonyl (C=O) groups is 1. The van der Waals surface area contributed by atoms with Gasteiger partial charge in [-0.2, -0.15) is 0 Å². The third-order valence-electron chi connectivity index (χ3n) is 4.11. The lowest BCUT2D eigenvalue weighted by atomic mass is 10.2. The minimum atomic E-state index is -0.776. The second-order valence-electron chi connectivity index (χ2n) is 5.85. The van der Waals surface area contributed by atoms with Gasteiger partial charge in [-0.05, 0) is 48.6 Å². The number of aromatic nitrogens is 1. The standard InChI is InChI=1S/C20H21NO3S/c1-15-5-2-3-6-18(15)24-13-12-21-16(9-11-20(22)23)8-10-17(21)19-7-4-14-25-19/h2-8,10,14H,9,11-13H2,1H3,(H,22,23). The van der Waals surface area contributed by atoms with E-state index in [2.05, 4.69) is 16.7 Å². The van der Waals surface area contributed by atoms with Crippen molar-refractivity contribution >= 4 is 17.3 Å². The van der Waals surface area contributed by atoms with Crippen LogP contribution in [0.25, 0.3) is 10.6 Å². The number of nitrogens with zero attached hydrogens (tertiary/aromatic N) is 1. The molecule has 1 N–H and O–H groups in total. The Bertz CT molecular complexity index is 837. The zero-order chi connectivity index (χ0) is 17.6. The fourth-order valence-electron chi connectivity index (χ4n) is 2.83. The first-order chi connectivity index (χ1) is 12.1. The summed E-state index contributed by atoms with van der Waals surface area (Å²) in [7, 11) is 0. The Kier molecular flexibility index (Phi) is 5.56. The van der Waals surface area contributed by atoms with Gasteiger partial charge in [-0.1, -0.05) is 24.3 Å². The van der Waals surface area contributed by atoms with Crippen molar-refractivity contribution in [2.24, 2.45) is 0 Å². The van der Waals surface area contributed by atoms with Gasteiger partial charge in [0, 0.05) is 5.69 Å². The summed E-state index contributed by atoms with van der Waals surface area (Å²) in [5, 5.41) is 11.0. The third kappa shape index (κ3) is 4.31. The number of aryl methyl sites for hydroxylation is 2. The molecular weight excluding hydrogens is 334 g/mol. The SMILES string of the molecule is Cc1ccccc1OCCn1c(CCC(=O)O)ccc1-c1cccs1. The van der Waals surface area contributed by atoms with Crippen molar-refractivity contribution in [2.75, 3.05) is 6.61 Å². The van der Waals surface area contributed by atoms with Crippen molar-refractivity contribution in [1.82, 2.24) is 4.57 Å². The van der Waals surface area contributed by atoms with E-state index in [1.165, 1.54) is 4.88 Å². The highest BCUT2D eigenvalue weighted by Crippen LogP contribution is 2.28. The molecule has 3 rings (SSSR count). The Morgan fingerprint density at radius 2 is 2.00 bits per heavy atom. The number of ether oxygens (including phenoxy) is 1. The van der Waals surface area contributed by atoms with Gasteiger partial charge in [0.15, 0.2) is 0 Å². The summed E-state index contributed by atoms with van der Waals surface area (Å²) in [4.78, 5) is 12.1. The molecule has 0 radical (unpaired) electrons. The van der Waals surface area contributed by atoms with Gasteiger partial charge >= 0.3 is 5.97 Å². The maximum absolute atomic E-state index is 10.9. The summed E-state index contributed by atoms with van der Waals surface area (Å²) < 4.78 is 8.10. The number of carboxylic acids is 1. The van der Waals surface area contributed by atoms with Gasteiger partial charge < -0.3 is 14.4 Å². The third-order valence-corrected chi connectivity index (χ3v) is 5.00. The predicted molar refractivity (Wildman–Crippen MR) is 100 cm³/mol. The van der Waals surface area contributed by atoms with Crippen molar-refractivity contribution in [3.8, 4) is 16.3 Å². The number of para-hydroxylation sites is 1. The first-order valence-corrected chi connectivity index (χ1v) is 9.15. The summed E-state index contributed by atoms with van der Waals surface area (Å²) >= 11 is 1.68. The van der Waals surface area contributed by atoms with Crippen molar-refractivity contribution in [2.45, 2.75) is 26.3 Å². The quantitative estimate of drug-likeness (QED) is 0.641. The molecular formula is C20H21NO3S. The van der Waals surface area contributed by atoms with Gasteiger partial charge in [0.2, 0.25) is 0 Å². The van der Waals surface area contributed by atoms with Gasteiger partial charge in [0.1, 0.15) is 12.4 Å². The Balaban J connectivity index is 1.76. The number of thiophene rings is 1. The topological polar surface area (TPSA) is 51.5 Å². The monoisotopic (exact) mass is 355 g/mol. The summed E-state index contributed by atoms with van der Waals surface area (Å²) in [6, 6.07) is 16.2. The van der Waals surface area contributed by atoms with Gasteiger partial charge in [-0.3, -0.25) is 4.79 Å². The molecule has 130 valence electrons. The molecule has 5 heteroatoms. The Morgan fingerprint density at radius 1 is 1.16 bits per heavy atom. The summed E-state index contributed by atoms with van der Waals surface area (Å²) in [5.41, 5.74) is 3.25. The van der Waals surface area contributed by atoms with Crippen LogP contribution in [0.4, 0.5) is 0 Å². The van der Waals surface area contributed by atoms with Crippen LogP contribution in [0.5, 0.6) is 5.75 Å². The summed E-state index contributed by atoms with van der Waals surface area (Å²) in [6.45, 7) is 3.25. The molecule has 0 fully saturated rings. The van der Waals surface area contributed by atoms with E-state index in [4.69, 9.17) is 9.84 Å². The minimum Gasteiger partial charge on any atom is -0.491 e. The molecule has 0 bridgehead atoms. The van der Waals surface area contributed by atoms with E-state index < -0.39 is 5.97 Å². The van der Waals surface area contributed by atoms with Gasteiger partial charge in [-0.25, -0.2) is 0 Å². The molecule has 4 nitrogen and oxygen atoms in total. The number of hydrogen-bond donors (Lipinski definition) is 1. The van der Waals surface area contributed by atoms with Crippen LogP contribution in [-0.4, -0.2) is 22.2 Å². The second-order valence-corrected chi connectivity index (χ2v) is 6.79. The largest absolute Gasteiger partial charge is 0.491 e. The number of rotatable bonds is 8. The van der Waals surface area contributed by atoms with Crippen LogP contribution < -0.4 is 4.74 Å². The molecule has 0 unspecified atom stereocenters. The van der Waals surface area contributed by atoms with Crippen molar-refractivity contribution in [3.63, 3.8) is 0 Å². The smallest absolute Gasteiger partial charge is 0.303 e. The molecule has 0 saturated heterocycles. The molecule has 2 aromatic heterocycles. The molecule has 0 aliphatic carbocycles. The molecule has 0 saturated carbocycles. The molecule has 25 heavy (non-hydrogen) atoms. The highest BCUT2D eigenvalue weighted by molar-refractivity contribution is 7.13. The molecule has 0 aliphatic rings. The lowest BCUT2D eigenvalue weighted by molar-refractivity contribution is -0.136. The molecule has 0 spiro atoms. The van der Waals surface area contributed by atoms with Crippen molar-refractivity contribution < 1.29 is 14.6 Å². The summed E-state index contributed by atoms with van der Waals surface area (Å²) in [5.74, 6) is 0.112. The lowest BCUT2D eigenvalue weighted by Crippen LogP contribution is -2.13. The average molecular weight is 355 g/mol. The van der Waals surface area contributed by atoms with E-state index in [9.17, 15) is 4.79 Å². The highest BCUT2D eigenvalue weighted by Gasteiger charge is 2.12. The lowest BCUT2D eigenvalue weighted by Gasteiger charge is -2.14. The second kappa shape index (κ2) is 8.03. The Labute approximate surface area is 151 Å². The fourth-order valence-corrected chi connectivity index (χ4v) is 3.59. The van der Waals surface area contributed by atoms with Crippen LogP contribution in [-0.2, 0) is 17.8 Å². The number of carboxylic acid groups (broad SMARTS) is 1. The van der Waals surface area contributed by atoms with Gasteiger partial charge in [-0.15, -0.1) is 11.3 Å². The minimum absolute atomic E-state index is 0.131. The van der Waals surface area contributed by atoms with Gasteiger partial charge in [0.25, 0.3) is 0 Å². The van der Waals surface area contributed by atoms with Crippen molar-refractivity contribution in [3.05, 3.63) is 65.2 Å². The van der Waals surface area contributed by atoms with Crippen LogP contribution in [0.1, 0.15) is 17.7 Å². The maximum atomic E-state index is 10.9. The zero-order valence-electron chi connectivity index (χ0n) is 14.1. The van der Waals surface area contributed by atoms with Crippen LogP contribution in [0, 0.1) is 6.92 Å². The van der Waals surface area contributed by atoms with Crippen LogP contribution in [0.3, 0.4) is 0 Å². The van der Waals surface area contributed by atoms with Crippen LogP contribution in [0.2, 0.25) is 0 Å². The van der Waals surface area contributed by atoms with E-state index in [1.807, 2.05) is 48.7 Å². The van der Waals surface area contributed by atoms with E-state index in [0.29, 0.717) is 19.6 Å². The molecule has 0 aliphatic heterocycles. The van der Waals surface area contributed by atoms with E-state index in [-0.39, 0.29) is 6.42 Å². The summed E-state index contributed by atoms with van der Waals surface area (Å²) in [6.07, 6.45) is 0.650. The normalized spacial score (nSPS) is 10.8. The number of hydrogen-bond acceptors (Lipinski definition) is 3. The van der Waals surface area contributed by atoms with Gasteiger partial charge in [0.05, 0.1) is 23.5 Å². The first-order valence-electron chi connectivity index (χ1n) is 8.27. The van der Waals surface area contributed by atoms with Crippen LogP contribution in [0.15, 0.2) is 53.9 Å². The molecule has 2 heterocycles. The average Bonchev–Trinajstić information content (AvgIpc) is 3.24. The Morgan fingerprint density at radius 3 is 2.72 bits per heavy atom. The van der Waals surface area contributed by atoms with E-state index in [1.54, 1.807) is 11.3 Å². The molecule has 0 amide bonds. The predicted octanol–water partition coefficient (Wildman–Crippen LogP) is 4.62. The number of benzene rings is 1. The molecule has 0 atom stereocenters.